The average Bonchev–Trinajstić information content (AvgIpc) is 3.46. The number of furan rings is 1. The Kier molecular flexibility index (Phi) is 3.64. The van der Waals surface area contributed by atoms with Gasteiger partial charge in [0.25, 0.3) is 5.91 Å². The molecule has 1 atom stereocenters. The van der Waals surface area contributed by atoms with Crippen LogP contribution < -0.4 is 5.32 Å². The molecule has 0 aliphatic heterocycles. The molecule has 0 saturated carbocycles. The molecule has 0 spiro atoms. The lowest BCUT2D eigenvalue weighted by Crippen LogP contribution is -2.12. The van der Waals surface area contributed by atoms with Gasteiger partial charge in [-0.2, -0.15) is 5.10 Å². The van der Waals surface area contributed by atoms with Crippen molar-refractivity contribution in [3.05, 3.63) is 77.9 Å². The average molecular weight is 360 g/mol. The summed E-state index contributed by atoms with van der Waals surface area (Å²) in [5.74, 6) is 0.570. The van der Waals surface area contributed by atoms with Gasteiger partial charge in [-0.25, -0.2) is 0 Å². The topological polar surface area (TPSA) is 86.1 Å². The number of nitrogens with one attached hydrogen (secondary N) is 1. The highest BCUT2D eigenvalue weighted by molar-refractivity contribution is 6.03. The van der Waals surface area contributed by atoms with E-state index < -0.39 is 0 Å². The van der Waals surface area contributed by atoms with Crippen molar-refractivity contribution in [2.75, 3.05) is 5.32 Å². The van der Waals surface area contributed by atoms with Crippen LogP contribution in [0.1, 0.15) is 34.1 Å². The highest BCUT2D eigenvalue weighted by Crippen LogP contribution is 2.34. The van der Waals surface area contributed by atoms with Crippen LogP contribution in [0.4, 0.5) is 5.69 Å². The summed E-state index contributed by atoms with van der Waals surface area (Å²) in [6.07, 6.45) is 7.07. The van der Waals surface area contributed by atoms with Gasteiger partial charge in [-0.15, -0.1) is 0 Å². The van der Waals surface area contributed by atoms with Crippen molar-refractivity contribution in [3.8, 4) is 11.5 Å². The van der Waals surface area contributed by atoms with Gasteiger partial charge in [0.2, 0.25) is 5.76 Å². The molecule has 1 amide bonds. The molecule has 134 valence electrons. The van der Waals surface area contributed by atoms with Crippen molar-refractivity contribution in [1.82, 2.24) is 14.9 Å². The largest absolute Gasteiger partial charge is 0.461 e. The molecule has 1 aromatic carbocycles. The maximum Gasteiger partial charge on any atom is 0.277 e. The van der Waals surface area contributed by atoms with Crippen molar-refractivity contribution in [1.29, 1.82) is 0 Å². The van der Waals surface area contributed by atoms with Crippen molar-refractivity contribution in [2.24, 2.45) is 0 Å². The van der Waals surface area contributed by atoms with Crippen molar-refractivity contribution in [3.63, 3.8) is 0 Å². The molecular formula is C20H16N4O3. The maximum atomic E-state index is 12.4. The molecule has 27 heavy (non-hydrogen) atoms. The van der Waals surface area contributed by atoms with Crippen molar-refractivity contribution >= 4 is 11.6 Å². The molecule has 7 nitrogen and oxygen atoms in total. The van der Waals surface area contributed by atoms with E-state index in [1.165, 1.54) is 17.4 Å². The first-order valence-electron chi connectivity index (χ1n) is 8.72. The Hall–Kier alpha value is -3.61. The Morgan fingerprint density at radius 3 is 3.00 bits per heavy atom. The van der Waals surface area contributed by atoms with Crippen LogP contribution in [0.15, 0.2) is 70.1 Å². The quantitative estimate of drug-likeness (QED) is 0.596. The molecule has 3 heterocycles. The predicted molar refractivity (Wildman–Crippen MR) is 97.3 cm³/mol. The number of benzene rings is 1. The van der Waals surface area contributed by atoms with Gasteiger partial charge in [-0.1, -0.05) is 29.4 Å². The minimum absolute atomic E-state index is 0.181. The van der Waals surface area contributed by atoms with Gasteiger partial charge in [-0.3, -0.25) is 9.48 Å². The fraction of sp³-hybridized carbons (Fsp3) is 0.150. The summed E-state index contributed by atoms with van der Waals surface area (Å²) in [5, 5.41) is 11.1. The fourth-order valence-electron chi connectivity index (χ4n) is 3.49. The molecule has 4 aromatic rings. The number of fused-ring (bicyclic) bond motifs is 1. The van der Waals surface area contributed by atoms with E-state index in [4.69, 9.17) is 8.94 Å². The van der Waals surface area contributed by atoms with E-state index in [0.29, 0.717) is 17.2 Å². The van der Waals surface area contributed by atoms with E-state index in [0.717, 1.165) is 12.8 Å². The number of carbonyl (C=O) groups is 1. The minimum Gasteiger partial charge on any atom is -0.461 e. The molecule has 0 bridgehead atoms. The first kappa shape index (κ1) is 15.6. The molecule has 0 unspecified atom stereocenters. The van der Waals surface area contributed by atoms with E-state index in [-0.39, 0.29) is 17.6 Å². The van der Waals surface area contributed by atoms with E-state index in [2.05, 4.69) is 33.8 Å². The normalized spacial score (nSPS) is 15.6. The van der Waals surface area contributed by atoms with E-state index in [1.807, 2.05) is 16.9 Å². The summed E-state index contributed by atoms with van der Waals surface area (Å²) in [6.45, 7) is 0. The lowest BCUT2D eigenvalue weighted by atomic mass is 10.1. The molecule has 0 radical (unpaired) electrons. The van der Waals surface area contributed by atoms with Gasteiger partial charge in [0, 0.05) is 12.3 Å². The molecule has 5 rings (SSSR count). The monoisotopic (exact) mass is 360 g/mol. The Morgan fingerprint density at radius 2 is 2.11 bits per heavy atom. The lowest BCUT2D eigenvalue weighted by molar-refractivity contribution is 0.101. The number of hydrogen-bond acceptors (Lipinski definition) is 5. The van der Waals surface area contributed by atoms with Crippen LogP contribution in [0.25, 0.3) is 11.5 Å². The van der Waals surface area contributed by atoms with Gasteiger partial charge in [0.15, 0.2) is 11.5 Å². The van der Waals surface area contributed by atoms with Gasteiger partial charge < -0.3 is 14.3 Å². The lowest BCUT2D eigenvalue weighted by Gasteiger charge is -2.11. The summed E-state index contributed by atoms with van der Waals surface area (Å²) < 4.78 is 12.3. The second kappa shape index (κ2) is 6.28. The van der Waals surface area contributed by atoms with Gasteiger partial charge in [-0.05, 0) is 36.1 Å². The summed E-state index contributed by atoms with van der Waals surface area (Å²) in [4.78, 5) is 12.4. The highest BCUT2D eigenvalue weighted by atomic mass is 16.5. The van der Waals surface area contributed by atoms with Gasteiger partial charge in [0.1, 0.15) is 0 Å². The molecular weight excluding hydrogens is 344 g/mol. The number of hydrogen-bond donors (Lipinski definition) is 1. The van der Waals surface area contributed by atoms with Crippen molar-refractivity contribution < 1.29 is 13.7 Å². The Morgan fingerprint density at radius 1 is 1.19 bits per heavy atom. The number of rotatable bonds is 4. The third kappa shape index (κ3) is 2.83. The van der Waals surface area contributed by atoms with Crippen LogP contribution in [0.5, 0.6) is 0 Å². The van der Waals surface area contributed by atoms with Crippen LogP contribution >= 0.6 is 0 Å². The summed E-state index contributed by atoms with van der Waals surface area (Å²) in [7, 11) is 0. The van der Waals surface area contributed by atoms with E-state index in [9.17, 15) is 4.79 Å². The molecule has 1 aliphatic rings. The Balaban J connectivity index is 1.32. The number of aryl methyl sites for hydroxylation is 1. The third-order valence-electron chi connectivity index (χ3n) is 4.79. The van der Waals surface area contributed by atoms with E-state index in [1.54, 1.807) is 24.4 Å². The first-order chi connectivity index (χ1) is 13.3. The Bertz CT molecular complexity index is 1090. The number of carbonyl (C=O) groups excluding carboxylic acids is 1. The second-order valence-electron chi connectivity index (χ2n) is 6.47. The number of anilines is 1. The number of amides is 1. The van der Waals surface area contributed by atoms with Crippen LogP contribution in [-0.2, 0) is 6.42 Å². The zero-order chi connectivity index (χ0) is 18.2. The van der Waals surface area contributed by atoms with Gasteiger partial charge >= 0.3 is 0 Å². The molecule has 0 fully saturated rings. The van der Waals surface area contributed by atoms with Crippen LogP contribution in [0.3, 0.4) is 0 Å². The Labute approximate surface area is 154 Å². The third-order valence-corrected chi connectivity index (χ3v) is 4.79. The zero-order valence-corrected chi connectivity index (χ0v) is 14.3. The summed E-state index contributed by atoms with van der Waals surface area (Å²) in [6, 6.07) is 13.6. The van der Waals surface area contributed by atoms with Crippen LogP contribution in [0.2, 0.25) is 0 Å². The van der Waals surface area contributed by atoms with Crippen molar-refractivity contribution in [2.45, 2.75) is 18.9 Å². The number of aromatic nitrogens is 3. The van der Waals surface area contributed by atoms with E-state index >= 15 is 0 Å². The highest BCUT2D eigenvalue weighted by Gasteiger charge is 2.24. The molecule has 1 N–H and O–H groups in total. The molecule has 3 aromatic heterocycles. The summed E-state index contributed by atoms with van der Waals surface area (Å²) in [5.41, 5.74) is 3.45. The minimum atomic E-state index is -0.358. The number of nitrogens with zero attached hydrogens (tertiary/aromatic N) is 3. The smallest absolute Gasteiger partial charge is 0.277 e. The fourth-order valence-corrected chi connectivity index (χ4v) is 3.49. The molecule has 0 saturated heterocycles. The molecule has 7 heteroatoms. The standard InChI is InChI=1S/C20H16N4O3/c25-20(16-10-19(27-23-16)18-6-3-9-26-18)22-14-11-21-24(12-14)17-8-7-13-4-1-2-5-15(13)17/h1-6,9-12,17H,7-8H2,(H,22,25)/t17-/m1/s1. The predicted octanol–water partition coefficient (Wildman–Crippen LogP) is 3.92. The maximum absolute atomic E-state index is 12.4. The van der Waals surface area contributed by atoms with Crippen LogP contribution in [-0.4, -0.2) is 20.8 Å². The summed E-state index contributed by atoms with van der Waals surface area (Å²) >= 11 is 0. The zero-order valence-electron chi connectivity index (χ0n) is 14.3. The first-order valence-corrected chi connectivity index (χ1v) is 8.72. The SMILES string of the molecule is O=C(Nc1cnn([C@@H]2CCc3ccccc32)c1)c1cc(-c2ccco2)on1. The second-order valence-corrected chi connectivity index (χ2v) is 6.47. The van der Waals surface area contributed by atoms with Crippen LogP contribution in [0, 0.1) is 0 Å². The van der Waals surface area contributed by atoms with Gasteiger partial charge in [0.05, 0.1) is 24.2 Å². The molecule has 1 aliphatic carbocycles.